The molecule has 2 amide bonds. The Morgan fingerprint density at radius 2 is 1.95 bits per heavy atom. The number of carbonyl (C=O) groups excluding carboxylic acids is 2. The van der Waals surface area contributed by atoms with Crippen molar-refractivity contribution in [2.75, 3.05) is 25.6 Å². The van der Waals surface area contributed by atoms with Crippen molar-refractivity contribution >= 4 is 17.5 Å². The van der Waals surface area contributed by atoms with E-state index in [1.54, 1.807) is 31.4 Å². The van der Waals surface area contributed by atoms with Gasteiger partial charge in [-0.05, 0) is 30.7 Å². The Balaban J connectivity index is 2.48. The molecule has 1 aromatic carbocycles. The Kier molecular flexibility index (Phi) is 6.48. The summed E-state index contributed by atoms with van der Waals surface area (Å²) in [6.07, 6.45) is 0.447. The largest absolute Gasteiger partial charge is 0.484 e. The molecule has 0 aromatic heterocycles. The van der Waals surface area contributed by atoms with Gasteiger partial charge in [0.25, 0.3) is 5.91 Å². The lowest BCUT2D eigenvalue weighted by atomic mass is 10.2. The number of carbonyl (C=O) groups is 2. The zero-order valence-corrected chi connectivity index (χ0v) is 11.3. The molecule has 7 nitrogen and oxygen atoms in total. The van der Waals surface area contributed by atoms with Crippen molar-refractivity contribution in [3.63, 3.8) is 0 Å². The maximum Gasteiger partial charge on any atom is 0.255 e. The van der Waals surface area contributed by atoms with E-state index < -0.39 is 11.9 Å². The summed E-state index contributed by atoms with van der Waals surface area (Å²) in [6, 6.07) is 5.92. The van der Waals surface area contributed by atoms with E-state index in [1.807, 2.05) is 0 Å². The fraction of sp³-hybridized carbons (Fsp3) is 0.385. The summed E-state index contributed by atoms with van der Waals surface area (Å²) in [5.74, 6) is -0.343. The summed E-state index contributed by atoms with van der Waals surface area (Å²) in [5, 5.41) is 2.68. The second-order valence-corrected chi connectivity index (χ2v) is 4.16. The molecule has 0 aliphatic carbocycles. The third-order valence-corrected chi connectivity index (χ3v) is 2.47. The van der Waals surface area contributed by atoms with Crippen LogP contribution in [-0.2, 0) is 14.3 Å². The van der Waals surface area contributed by atoms with Crippen LogP contribution in [0.2, 0.25) is 0 Å². The first-order valence-corrected chi connectivity index (χ1v) is 6.09. The van der Waals surface area contributed by atoms with Crippen LogP contribution in [0.5, 0.6) is 5.75 Å². The van der Waals surface area contributed by atoms with E-state index in [9.17, 15) is 9.59 Å². The van der Waals surface area contributed by atoms with Crippen LogP contribution in [0.1, 0.15) is 6.42 Å². The summed E-state index contributed by atoms with van der Waals surface area (Å²) < 4.78 is 9.96. The monoisotopic (exact) mass is 281 g/mol. The molecule has 1 unspecified atom stereocenters. The Hall–Kier alpha value is -2.12. The van der Waals surface area contributed by atoms with Crippen molar-refractivity contribution in [1.29, 1.82) is 0 Å². The van der Waals surface area contributed by atoms with Crippen molar-refractivity contribution in [3.05, 3.63) is 24.3 Å². The predicted octanol–water partition coefficient (Wildman–Crippen LogP) is -0.147. The van der Waals surface area contributed by atoms with Gasteiger partial charge in [-0.1, -0.05) is 0 Å². The number of ether oxygens (including phenoxy) is 2. The minimum atomic E-state index is -0.624. The number of anilines is 1. The Morgan fingerprint density at radius 3 is 2.50 bits per heavy atom. The molecule has 0 fully saturated rings. The number of methoxy groups -OCH3 is 1. The fourth-order valence-electron chi connectivity index (χ4n) is 1.40. The summed E-state index contributed by atoms with van der Waals surface area (Å²) >= 11 is 0. The molecule has 20 heavy (non-hydrogen) atoms. The van der Waals surface area contributed by atoms with Gasteiger partial charge in [-0.3, -0.25) is 9.59 Å². The van der Waals surface area contributed by atoms with E-state index >= 15 is 0 Å². The Bertz CT molecular complexity index is 447. The molecular weight excluding hydrogens is 262 g/mol. The van der Waals surface area contributed by atoms with E-state index in [0.29, 0.717) is 24.5 Å². The highest BCUT2D eigenvalue weighted by atomic mass is 16.5. The quantitative estimate of drug-likeness (QED) is 0.613. The summed E-state index contributed by atoms with van der Waals surface area (Å²) in [5.41, 5.74) is 11.3. The lowest BCUT2D eigenvalue weighted by Gasteiger charge is -2.12. The van der Waals surface area contributed by atoms with Crippen molar-refractivity contribution < 1.29 is 19.1 Å². The van der Waals surface area contributed by atoms with Gasteiger partial charge in [0.2, 0.25) is 5.91 Å². The predicted molar refractivity (Wildman–Crippen MR) is 74.2 cm³/mol. The van der Waals surface area contributed by atoms with Gasteiger partial charge in [0.05, 0.1) is 6.04 Å². The fourth-order valence-corrected chi connectivity index (χ4v) is 1.40. The number of rotatable bonds is 8. The lowest BCUT2D eigenvalue weighted by Crippen LogP contribution is -2.36. The lowest BCUT2D eigenvalue weighted by molar-refractivity contribution is -0.120. The summed E-state index contributed by atoms with van der Waals surface area (Å²) in [4.78, 5) is 22.3. The molecule has 0 aliphatic rings. The van der Waals surface area contributed by atoms with E-state index in [0.717, 1.165) is 0 Å². The topological polar surface area (TPSA) is 117 Å². The number of primary amides is 1. The molecule has 1 aromatic rings. The van der Waals surface area contributed by atoms with E-state index in [1.165, 1.54) is 0 Å². The second-order valence-electron chi connectivity index (χ2n) is 4.16. The van der Waals surface area contributed by atoms with Gasteiger partial charge < -0.3 is 26.3 Å². The van der Waals surface area contributed by atoms with Gasteiger partial charge in [0.1, 0.15) is 5.75 Å². The first-order valence-electron chi connectivity index (χ1n) is 6.09. The van der Waals surface area contributed by atoms with E-state index in [-0.39, 0.29) is 12.5 Å². The van der Waals surface area contributed by atoms with E-state index in [4.69, 9.17) is 20.9 Å². The highest BCUT2D eigenvalue weighted by Crippen LogP contribution is 2.15. The highest BCUT2D eigenvalue weighted by molar-refractivity contribution is 5.94. The minimum Gasteiger partial charge on any atom is -0.484 e. The molecular formula is C13H19N3O4. The first-order chi connectivity index (χ1) is 9.52. The molecule has 0 saturated carbocycles. The third-order valence-electron chi connectivity index (χ3n) is 2.47. The van der Waals surface area contributed by atoms with Crippen LogP contribution >= 0.6 is 0 Å². The smallest absolute Gasteiger partial charge is 0.255 e. The highest BCUT2D eigenvalue weighted by Gasteiger charge is 2.13. The Labute approximate surface area is 117 Å². The number of benzene rings is 1. The maximum absolute atomic E-state index is 11.7. The molecule has 110 valence electrons. The normalized spacial score (nSPS) is 11.7. The van der Waals surface area contributed by atoms with Crippen LogP contribution in [-0.4, -0.2) is 38.2 Å². The first kappa shape index (κ1) is 15.9. The summed E-state index contributed by atoms with van der Waals surface area (Å²) in [7, 11) is 1.55. The zero-order valence-electron chi connectivity index (χ0n) is 11.3. The number of hydrogen-bond donors (Lipinski definition) is 3. The van der Waals surface area contributed by atoms with Gasteiger partial charge in [-0.15, -0.1) is 0 Å². The van der Waals surface area contributed by atoms with Gasteiger partial charge in [-0.2, -0.15) is 0 Å². The molecule has 0 heterocycles. The number of nitrogens with one attached hydrogen (secondary N) is 1. The van der Waals surface area contributed by atoms with Crippen LogP contribution in [0.4, 0.5) is 5.69 Å². The zero-order chi connectivity index (χ0) is 15.0. The molecule has 1 atom stereocenters. The second kappa shape index (κ2) is 8.13. The van der Waals surface area contributed by atoms with Crippen LogP contribution in [0.3, 0.4) is 0 Å². The van der Waals surface area contributed by atoms with Crippen molar-refractivity contribution in [3.8, 4) is 5.75 Å². The molecule has 0 spiro atoms. The molecule has 0 radical (unpaired) electrons. The standard InChI is InChI=1S/C13H19N3O4/c1-19-7-6-11(14)13(18)16-9-2-4-10(5-3-9)20-8-12(15)17/h2-5,11H,6-8,14H2,1H3,(H2,15,17)(H,16,18). The van der Waals surface area contributed by atoms with Gasteiger partial charge in [0, 0.05) is 19.4 Å². The van der Waals surface area contributed by atoms with Crippen molar-refractivity contribution in [1.82, 2.24) is 0 Å². The van der Waals surface area contributed by atoms with Crippen LogP contribution in [0, 0.1) is 0 Å². The molecule has 0 aliphatic heterocycles. The average molecular weight is 281 g/mol. The molecule has 7 heteroatoms. The van der Waals surface area contributed by atoms with Crippen molar-refractivity contribution in [2.24, 2.45) is 11.5 Å². The van der Waals surface area contributed by atoms with Gasteiger partial charge >= 0.3 is 0 Å². The number of hydrogen-bond acceptors (Lipinski definition) is 5. The number of nitrogens with two attached hydrogens (primary N) is 2. The maximum atomic E-state index is 11.7. The van der Waals surface area contributed by atoms with Crippen LogP contribution in [0.25, 0.3) is 0 Å². The van der Waals surface area contributed by atoms with E-state index in [2.05, 4.69) is 5.32 Å². The van der Waals surface area contributed by atoms with Crippen molar-refractivity contribution in [2.45, 2.75) is 12.5 Å². The average Bonchev–Trinajstić information content (AvgIpc) is 2.43. The third kappa shape index (κ3) is 5.68. The molecule has 0 bridgehead atoms. The minimum absolute atomic E-state index is 0.187. The summed E-state index contributed by atoms with van der Waals surface area (Å²) in [6.45, 7) is 0.238. The van der Waals surface area contributed by atoms with Crippen LogP contribution < -0.4 is 21.5 Å². The Morgan fingerprint density at radius 1 is 1.30 bits per heavy atom. The SMILES string of the molecule is COCCC(N)C(=O)Nc1ccc(OCC(N)=O)cc1. The number of amides is 2. The van der Waals surface area contributed by atoms with Crippen LogP contribution in [0.15, 0.2) is 24.3 Å². The molecule has 5 N–H and O–H groups in total. The van der Waals surface area contributed by atoms with Gasteiger partial charge in [0.15, 0.2) is 6.61 Å². The molecule has 0 saturated heterocycles. The van der Waals surface area contributed by atoms with Gasteiger partial charge in [-0.25, -0.2) is 0 Å². The molecule has 1 rings (SSSR count).